The second kappa shape index (κ2) is 6.68. The van der Waals surface area contributed by atoms with Crippen LogP contribution in [-0.2, 0) is 17.7 Å². The lowest BCUT2D eigenvalue weighted by atomic mass is 9.87. The van der Waals surface area contributed by atoms with E-state index in [0.29, 0.717) is 5.56 Å². The zero-order valence-corrected chi connectivity index (χ0v) is 14.7. The monoisotopic (exact) mass is 323 g/mol. The molecule has 0 aromatic heterocycles. The number of carbonyl (C=O) groups excluding carboxylic acids is 1. The molecule has 1 aliphatic heterocycles. The third kappa shape index (κ3) is 3.97. The number of carbonyl (C=O) groups is 1. The second-order valence-electron chi connectivity index (χ2n) is 7.65. The molecule has 0 N–H and O–H groups in total. The Bertz CT molecular complexity index is 716. The summed E-state index contributed by atoms with van der Waals surface area (Å²) < 4.78 is 0. The lowest BCUT2D eigenvalue weighted by Gasteiger charge is -2.30. The molecule has 2 aromatic rings. The number of fused-ring (bicyclic) bond motifs is 1. The van der Waals surface area contributed by atoms with Crippen LogP contribution in [0.5, 0.6) is 0 Å². The van der Waals surface area contributed by atoms with Crippen LogP contribution >= 0.6 is 0 Å². The average Bonchev–Trinajstić information content (AvgIpc) is 2.54. The minimum Gasteiger partial charge on any atom is -0.335 e. The molecule has 0 spiro atoms. The molecule has 3 heteroatoms. The Hall–Kier alpha value is -2.29. The number of anilines is 1. The SMILES string of the molecule is CC(C)(C)Cc1ccc2c(c1)CCCN2OC(=O)c1ccccc1. The van der Waals surface area contributed by atoms with Crippen molar-refractivity contribution in [2.45, 2.75) is 40.0 Å². The normalized spacial score (nSPS) is 14.2. The molecule has 3 nitrogen and oxygen atoms in total. The third-order valence-electron chi connectivity index (χ3n) is 4.16. The van der Waals surface area contributed by atoms with Gasteiger partial charge in [-0.05, 0) is 54.0 Å². The lowest BCUT2D eigenvalue weighted by Crippen LogP contribution is -2.32. The Morgan fingerprint density at radius 1 is 1.12 bits per heavy atom. The van der Waals surface area contributed by atoms with Crippen molar-refractivity contribution in [2.75, 3.05) is 11.6 Å². The van der Waals surface area contributed by atoms with E-state index in [0.717, 1.165) is 31.5 Å². The second-order valence-corrected chi connectivity index (χ2v) is 7.65. The van der Waals surface area contributed by atoms with Crippen molar-refractivity contribution in [1.29, 1.82) is 0 Å². The van der Waals surface area contributed by atoms with Crippen LogP contribution in [0.1, 0.15) is 48.7 Å². The largest absolute Gasteiger partial charge is 0.363 e. The molecule has 0 aliphatic carbocycles. The molecule has 1 heterocycles. The van der Waals surface area contributed by atoms with Gasteiger partial charge in [-0.15, -0.1) is 0 Å². The molecule has 2 aromatic carbocycles. The van der Waals surface area contributed by atoms with E-state index in [1.807, 2.05) is 18.2 Å². The molecule has 0 unspecified atom stereocenters. The summed E-state index contributed by atoms with van der Waals surface area (Å²) in [6.07, 6.45) is 3.07. The Morgan fingerprint density at radius 3 is 2.58 bits per heavy atom. The van der Waals surface area contributed by atoms with Crippen molar-refractivity contribution in [3.05, 3.63) is 65.2 Å². The van der Waals surface area contributed by atoms with E-state index in [4.69, 9.17) is 4.84 Å². The van der Waals surface area contributed by atoms with Gasteiger partial charge in [0.25, 0.3) is 0 Å². The Balaban J connectivity index is 1.78. The maximum Gasteiger partial charge on any atom is 0.363 e. The van der Waals surface area contributed by atoms with Crippen molar-refractivity contribution in [1.82, 2.24) is 0 Å². The summed E-state index contributed by atoms with van der Waals surface area (Å²) >= 11 is 0. The lowest BCUT2D eigenvalue weighted by molar-refractivity contribution is 0.0443. The van der Waals surface area contributed by atoms with E-state index >= 15 is 0 Å². The fourth-order valence-corrected chi connectivity index (χ4v) is 3.16. The van der Waals surface area contributed by atoms with Crippen LogP contribution in [0.2, 0.25) is 0 Å². The Morgan fingerprint density at radius 2 is 1.88 bits per heavy atom. The number of rotatable bonds is 3. The molecule has 3 rings (SSSR count). The zero-order valence-electron chi connectivity index (χ0n) is 14.7. The maximum atomic E-state index is 12.3. The summed E-state index contributed by atoms with van der Waals surface area (Å²) in [5, 5.41) is 1.75. The van der Waals surface area contributed by atoms with Crippen molar-refractivity contribution >= 4 is 11.7 Å². The summed E-state index contributed by atoms with van der Waals surface area (Å²) in [5.74, 6) is -0.304. The van der Waals surface area contributed by atoms with Gasteiger partial charge in [0, 0.05) is 0 Å². The molecular weight excluding hydrogens is 298 g/mol. The molecule has 0 bridgehead atoms. The molecular formula is C21H25NO2. The molecule has 1 aliphatic rings. The van der Waals surface area contributed by atoms with Crippen molar-refractivity contribution in [2.24, 2.45) is 5.41 Å². The van der Waals surface area contributed by atoms with Gasteiger partial charge in [0.15, 0.2) is 0 Å². The molecule has 0 saturated heterocycles. The molecule has 24 heavy (non-hydrogen) atoms. The summed E-state index contributed by atoms with van der Waals surface area (Å²) in [7, 11) is 0. The van der Waals surface area contributed by atoms with E-state index in [2.05, 4.69) is 39.0 Å². The third-order valence-corrected chi connectivity index (χ3v) is 4.16. The van der Waals surface area contributed by atoms with Gasteiger partial charge in [-0.25, -0.2) is 9.86 Å². The first-order valence-electron chi connectivity index (χ1n) is 8.59. The van der Waals surface area contributed by atoms with Gasteiger partial charge in [-0.1, -0.05) is 51.1 Å². The van der Waals surface area contributed by atoms with E-state index in [-0.39, 0.29) is 11.4 Å². The van der Waals surface area contributed by atoms with Gasteiger partial charge in [0.05, 0.1) is 17.8 Å². The summed E-state index contributed by atoms with van der Waals surface area (Å²) in [6.45, 7) is 7.49. The predicted octanol–water partition coefficient (Wildman–Crippen LogP) is 4.80. The molecule has 0 fully saturated rings. The predicted molar refractivity (Wildman–Crippen MR) is 97.1 cm³/mol. The number of hydrogen-bond acceptors (Lipinski definition) is 3. The van der Waals surface area contributed by atoms with Crippen LogP contribution in [0.3, 0.4) is 0 Å². The topological polar surface area (TPSA) is 29.5 Å². The van der Waals surface area contributed by atoms with Crippen molar-refractivity contribution in [3.63, 3.8) is 0 Å². The highest BCUT2D eigenvalue weighted by Gasteiger charge is 2.22. The average molecular weight is 323 g/mol. The van der Waals surface area contributed by atoms with Gasteiger partial charge in [0.1, 0.15) is 0 Å². The summed E-state index contributed by atoms with van der Waals surface area (Å²) in [4.78, 5) is 18.0. The van der Waals surface area contributed by atoms with Crippen LogP contribution < -0.4 is 5.06 Å². The first kappa shape index (κ1) is 16.6. The first-order valence-corrected chi connectivity index (χ1v) is 8.59. The Kier molecular flexibility index (Phi) is 4.61. The molecule has 0 amide bonds. The van der Waals surface area contributed by atoms with E-state index in [9.17, 15) is 4.79 Å². The maximum absolute atomic E-state index is 12.3. The number of hydrogen-bond donors (Lipinski definition) is 0. The molecule has 0 radical (unpaired) electrons. The fourth-order valence-electron chi connectivity index (χ4n) is 3.16. The highest BCUT2D eigenvalue weighted by atomic mass is 16.7. The van der Waals surface area contributed by atoms with Crippen LogP contribution in [0.25, 0.3) is 0 Å². The quantitative estimate of drug-likeness (QED) is 0.812. The number of hydroxylamine groups is 1. The highest BCUT2D eigenvalue weighted by Crippen LogP contribution is 2.31. The number of benzene rings is 2. The smallest absolute Gasteiger partial charge is 0.335 e. The molecule has 126 valence electrons. The van der Waals surface area contributed by atoms with Crippen LogP contribution in [-0.4, -0.2) is 12.5 Å². The number of nitrogens with zero attached hydrogens (tertiary/aromatic N) is 1. The van der Waals surface area contributed by atoms with Crippen molar-refractivity contribution in [3.8, 4) is 0 Å². The zero-order chi connectivity index (χ0) is 17.2. The summed E-state index contributed by atoms with van der Waals surface area (Å²) in [5.41, 5.74) is 4.47. The molecule has 0 atom stereocenters. The van der Waals surface area contributed by atoms with Gasteiger partial charge >= 0.3 is 5.97 Å². The van der Waals surface area contributed by atoms with Gasteiger partial charge < -0.3 is 4.84 Å². The summed E-state index contributed by atoms with van der Waals surface area (Å²) in [6, 6.07) is 15.7. The van der Waals surface area contributed by atoms with Crippen LogP contribution in [0, 0.1) is 5.41 Å². The standard InChI is InChI=1S/C21H25NO2/c1-21(2,3)15-16-11-12-19-18(14-16)10-7-13-22(19)24-20(23)17-8-5-4-6-9-17/h4-6,8-9,11-12,14H,7,10,13,15H2,1-3H3. The van der Waals surface area contributed by atoms with E-state index < -0.39 is 0 Å². The highest BCUT2D eigenvalue weighted by molar-refractivity contribution is 5.90. The van der Waals surface area contributed by atoms with Gasteiger partial charge in [0.2, 0.25) is 0 Å². The van der Waals surface area contributed by atoms with Crippen LogP contribution in [0.4, 0.5) is 5.69 Å². The van der Waals surface area contributed by atoms with E-state index in [1.165, 1.54) is 11.1 Å². The van der Waals surface area contributed by atoms with Crippen molar-refractivity contribution < 1.29 is 9.63 Å². The minimum atomic E-state index is -0.304. The van der Waals surface area contributed by atoms with Crippen LogP contribution in [0.15, 0.2) is 48.5 Å². The minimum absolute atomic E-state index is 0.266. The number of aryl methyl sites for hydroxylation is 1. The fraction of sp³-hybridized carbons (Fsp3) is 0.381. The first-order chi connectivity index (χ1) is 11.4. The van der Waals surface area contributed by atoms with E-state index in [1.54, 1.807) is 17.2 Å². The molecule has 0 saturated carbocycles. The van der Waals surface area contributed by atoms with Gasteiger partial charge in [-0.3, -0.25) is 0 Å². The Labute approximate surface area is 144 Å². The van der Waals surface area contributed by atoms with Gasteiger partial charge in [-0.2, -0.15) is 0 Å².